The lowest BCUT2D eigenvalue weighted by molar-refractivity contribution is 0.0520. The van der Waals surface area contributed by atoms with Crippen LogP contribution in [0.1, 0.15) is 31.1 Å². The first-order valence-electron chi connectivity index (χ1n) is 6.83. The number of nitrogens with one attached hydrogen (secondary N) is 2. The largest absolute Gasteiger partial charge is 0.492 e. The minimum absolute atomic E-state index is 0.196. The zero-order valence-electron chi connectivity index (χ0n) is 13.2. The number of rotatable bonds is 5. The maximum absolute atomic E-state index is 11.6. The van der Waals surface area contributed by atoms with Crippen LogP contribution in [0.2, 0.25) is 0 Å². The highest BCUT2D eigenvalue weighted by Crippen LogP contribution is 2.21. The van der Waals surface area contributed by atoms with Crippen molar-refractivity contribution in [2.24, 2.45) is 0 Å². The summed E-state index contributed by atoms with van der Waals surface area (Å²) in [5.41, 5.74) is -0.0375. The molecule has 22 heavy (non-hydrogen) atoms. The summed E-state index contributed by atoms with van der Waals surface area (Å²) < 4.78 is 11.4. The highest BCUT2D eigenvalue weighted by molar-refractivity contribution is 9.10. The lowest BCUT2D eigenvalue weighted by atomic mass is 10.2. The van der Waals surface area contributed by atoms with E-state index in [4.69, 9.17) is 9.47 Å². The van der Waals surface area contributed by atoms with Crippen molar-refractivity contribution in [1.29, 1.82) is 0 Å². The predicted molar refractivity (Wildman–Crippen MR) is 87.3 cm³/mol. The zero-order valence-corrected chi connectivity index (χ0v) is 14.7. The normalized spacial score (nSPS) is 10.8. The maximum Gasteiger partial charge on any atom is 0.407 e. The van der Waals surface area contributed by atoms with Gasteiger partial charge in [0.15, 0.2) is 0 Å². The molecule has 0 aromatic heterocycles. The first kappa shape index (κ1) is 18.3. The molecule has 1 aromatic rings. The van der Waals surface area contributed by atoms with E-state index in [0.29, 0.717) is 17.9 Å². The molecule has 0 unspecified atom stereocenters. The quantitative estimate of drug-likeness (QED) is 0.779. The molecule has 0 aliphatic heterocycles. The molecule has 0 aliphatic rings. The van der Waals surface area contributed by atoms with Gasteiger partial charge in [0.1, 0.15) is 18.0 Å². The van der Waals surface area contributed by atoms with Gasteiger partial charge in [-0.2, -0.15) is 0 Å². The van der Waals surface area contributed by atoms with Gasteiger partial charge in [-0.1, -0.05) is 15.9 Å². The molecule has 122 valence electrons. The van der Waals surface area contributed by atoms with Gasteiger partial charge in [0.25, 0.3) is 5.91 Å². The molecule has 2 N–H and O–H groups in total. The van der Waals surface area contributed by atoms with E-state index < -0.39 is 11.7 Å². The summed E-state index contributed by atoms with van der Waals surface area (Å²) in [5, 5.41) is 5.15. The second-order valence-electron chi connectivity index (χ2n) is 5.53. The summed E-state index contributed by atoms with van der Waals surface area (Å²) in [6.45, 7) is 5.96. The molecule has 0 bridgehead atoms. The van der Waals surface area contributed by atoms with Gasteiger partial charge in [-0.05, 0) is 39.0 Å². The highest BCUT2D eigenvalue weighted by atomic mass is 79.9. The van der Waals surface area contributed by atoms with Gasteiger partial charge < -0.3 is 20.1 Å². The van der Waals surface area contributed by atoms with Crippen molar-refractivity contribution in [1.82, 2.24) is 10.6 Å². The van der Waals surface area contributed by atoms with E-state index in [1.807, 2.05) is 0 Å². The van der Waals surface area contributed by atoms with Gasteiger partial charge in [-0.25, -0.2) is 4.79 Å². The third-order valence-corrected chi connectivity index (χ3v) is 2.86. The molecule has 6 nitrogen and oxygen atoms in total. The number of hydrogen-bond acceptors (Lipinski definition) is 4. The monoisotopic (exact) mass is 372 g/mol. The van der Waals surface area contributed by atoms with E-state index in [1.54, 1.807) is 46.0 Å². The first-order valence-corrected chi connectivity index (χ1v) is 7.63. The number of carbonyl (C=O) groups is 2. The Balaban J connectivity index is 2.47. The summed E-state index contributed by atoms with van der Waals surface area (Å²) in [5.74, 6) is 0.344. The molecule has 2 amide bonds. The van der Waals surface area contributed by atoms with Crippen LogP contribution < -0.4 is 15.4 Å². The number of alkyl carbamates (subject to hydrolysis) is 1. The lowest BCUT2D eigenvalue weighted by Gasteiger charge is -2.19. The smallest absolute Gasteiger partial charge is 0.407 e. The Morgan fingerprint density at radius 3 is 2.50 bits per heavy atom. The summed E-state index contributed by atoms with van der Waals surface area (Å²) in [7, 11) is 1.56. The molecule has 0 atom stereocenters. The fraction of sp³-hybridized carbons (Fsp3) is 0.467. The second kappa shape index (κ2) is 8.03. The van der Waals surface area contributed by atoms with Gasteiger partial charge in [0.2, 0.25) is 0 Å². The minimum atomic E-state index is -0.530. The molecule has 0 fully saturated rings. The Morgan fingerprint density at radius 1 is 1.23 bits per heavy atom. The summed E-state index contributed by atoms with van der Waals surface area (Å²) in [4.78, 5) is 23.1. The SMILES string of the molecule is CNC(=O)c1cc(Br)cc(OCCNC(=O)OC(C)(C)C)c1. The molecule has 1 aromatic carbocycles. The summed E-state index contributed by atoms with van der Waals surface area (Å²) in [6, 6.07) is 5.08. The van der Waals surface area contributed by atoms with Crippen LogP contribution in [-0.4, -0.2) is 37.8 Å². The van der Waals surface area contributed by atoms with Crippen LogP contribution in [0.5, 0.6) is 5.75 Å². The lowest BCUT2D eigenvalue weighted by Crippen LogP contribution is -2.34. The topological polar surface area (TPSA) is 76.7 Å². The molecule has 0 radical (unpaired) electrons. The minimum Gasteiger partial charge on any atom is -0.492 e. The molecular formula is C15H21BrN2O4. The third-order valence-electron chi connectivity index (χ3n) is 2.40. The Kier molecular flexibility index (Phi) is 6.67. The van der Waals surface area contributed by atoms with Gasteiger partial charge >= 0.3 is 6.09 Å². The van der Waals surface area contributed by atoms with Crippen molar-refractivity contribution in [2.45, 2.75) is 26.4 Å². The van der Waals surface area contributed by atoms with E-state index in [-0.39, 0.29) is 12.5 Å². The third kappa shape index (κ3) is 6.80. The maximum atomic E-state index is 11.6. The Hall–Kier alpha value is -1.76. The van der Waals surface area contributed by atoms with E-state index >= 15 is 0 Å². The fourth-order valence-electron chi connectivity index (χ4n) is 1.56. The van der Waals surface area contributed by atoms with Crippen LogP contribution in [0, 0.1) is 0 Å². The first-order chi connectivity index (χ1) is 10.2. The Morgan fingerprint density at radius 2 is 1.91 bits per heavy atom. The molecule has 1 rings (SSSR count). The van der Waals surface area contributed by atoms with E-state index in [0.717, 1.165) is 4.47 Å². The molecule has 0 spiro atoms. The van der Waals surface area contributed by atoms with Crippen LogP contribution in [0.15, 0.2) is 22.7 Å². The number of ether oxygens (including phenoxy) is 2. The molecule has 7 heteroatoms. The van der Waals surface area contributed by atoms with Crippen molar-refractivity contribution in [3.8, 4) is 5.75 Å². The van der Waals surface area contributed by atoms with Crippen LogP contribution in [0.25, 0.3) is 0 Å². The molecule has 0 heterocycles. The Labute approximate surface area is 138 Å². The number of halogens is 1. The van der Waals surface area contributed by atoms with E-state index in [1.165, 1.54) is 0 Å². The van der Waals surface area contributed by atoms with Gasteiger partial charge in [0.05, 0.1) is 6.54 Å². The van der Waals surface area contributed by atoms with Crippen molar-refractivity contribution < 1.29 is 19.1 Å². The highest BCUT2D eigenvalue weighted by Gasteiger charge is 2.15. The van der Waals surface area contributed by atoms with E-state index in [9.17, 15) is 9.59 Å². The van der Waals surface area contributed by atoms with Crippen molar-refractivity contribution >= 4 is 27.9 Å². The molecule has 0 saturated heterocycles. The van der Waals surface area contributed by atoms with Crippen LogP contribution >= 0.6 is 15.9 Å². The number of hydrogen-bond donors (Lipinski definition) is 2. The van der Waals surface area contributed by atoms with Crippen molar-refractivity contribution in [2.75, 3.05) is 20.2 Å². The summed E-state index contributed by atoms with van der Waals surface area (Å²) in [6.07, 6.45) is -0.489. The van der Waals surface area contributed by atoms with E-state index in [2.05, 4.69) is 26.6 Å². The average Bonchev–Trinajstić information content (AvgIpc) is 2.40. The molecule has 0 saturated carbocycles. The van der Waals surface area contributed by atoms with Gasteiger partial charge in [0, 0.05) is 17.1 Å². The van der Waals surface area contributed by atoms with Crippen LogP contribution in [0.3, 0.4) is 0 Å². The summed E-state index contributed by atoms with van der Waals surface area (Å²) >= 11 is 3.33. The fourth-order valence-corrected chi connectivity index (χ4v) is 2.03. The van der Waals surface area contributed by atoms with Crippen LogP contribution in [-0.2, 0) is 4.74 Å². The molecular weight excluding hydrogens is 352 g/mol. The predicted octanol–water partition coefficient (Wildman–Crippen LogP) is 2.71. The number of amides is 2. The zero-order chi connectivity index (χ0) is 16.8. The van der Waals surface area contributed by atoms with Crippen molar-refractivity contribution in [3.63, 3.8) is 0 Å². The average molecular weight is 373 g/mol. The van der Waals surface area contributed by atoms with Gasteiger partial charge in [-0.3, -0.25) is 4.79 Å². The van der Waals surface area contributed by atoms with Crippen molar-refractivity contribution in [3.05, 3.63) is 28.2 Å². The standard InChI is InChI=1S/C15H21BrN2O4/c1-15(2,3)22-14(20)18-5-6-21-12-8-10(13(19)17-4)7-11(16)9-12/h7-9H,5-6H2,1-4H3,(H,17,19)(H,18,20). The van der Waals surface area contributed by atoms with Crippen LogP contribution in [0.4, 0.5) is 4.79 Å². The number of benzene rings is 1. The number of carbonyl (C=O) groups excluding carboxylic acids is 2. The molecule has 0 aliphatic carbocycles. The second-order valence-corrected chi connectivity index (χ2v) is 6.45. The van der Waals surface area contributed by atoms with Gasteiger partial charge in [-0.15, -0.1) is 0 Å². The Bertz CT molecular complexity index is 541.